The molecule has 0 atom stereocenters. The monoisotopic (exact) mass is 245 g/mol. The van der Waals surface area contributed by atoms with Crippen molar-refractivity contribution in [3.05, 3.63) is 41.5 Å². The van der Waals surface area contributed by atoms with Crippen molar-refractivity contribution >= 4 is 11.5 Å². The minimum Gasteiger partial charge on any atom is -0.381 e. The molecule has 1 aromatic carbocycles. The standard InChI is InChI=1S/C16H23NO/c1-6-14-7-8-15(9-16(14)11(2)3)17-10-12(4)13(5)18/h7-9,11,17H,4,6,10H2,1-3,5H3. The number of hydrogen-bond donors (Lipinski definition) is 1. The highest BCUT2D eigenvalue weighted by Gasteiger charge is 2.07. The van der Waals surface area contributed by atoms with E-state index in [4.69, 9.17) is 0 Å². The Labute approximate surface area is 110 Å². The number of hydrogen-bond acceptors (Lipinski definition) is 2. The van der Waals surface area contributed by atoms with Gasteiger partial charge in [0, 0.05) is 17.8 Å². The molecule has 0 spiro atoms. The van der Waals surface area contributed by atoms with Crippen LogP contribution in [0, 0.1) is 0 Å². The number of Topliss-reactive ketones (excluding diaryl/α,β-unsaturated/α-hetero) is 1. The largest absolute Gasteiger partial charge is 0.381 e. The van der Waals surface area contributed by atoms with Crippen molar-refractivity contribution in [2.75, 3.05) is 11.9 Å². The van der Waals surface area contributed by atoms with Gasteiger partial charge in [0.2, 0.25) is 0 Å². The molecular weight excluding hydrogens is 222 g/mol. The van der Waals surface area contributed by atoms with Gasteiger partial charge in [-0.2, -0.15) is 0 Å². The fourth-order valence-electron chi connectivity index (χ4n) is 1.90. The Morgan fingerprint density at radius 1 is 1.39 bits per heavy atom. The first kappa shape index (κ1) is 14.5. The number of carbonyl (C=O) groups excluding carboxylic acids is 1. The smallest absolute Gasteiger partial charge is 0.156 e. The summed E-state index contributed by atoms with van der Waals surface area (Å²) in [5.74, 6) is 0.550. The molecule has 0 saturated carbocycles. The maximum atomic E-state index is 11.1. The van der Waals surface area contributed by atoms with Crippen LogP contribution in [0.25, 0.3) is 0 Å². The van der Waals surface area contributed by atoms with Gasteiger partial charge in [-0.1, -0.05) is 33.4 Å². The maximum Gasteiger partial charge on any atom is 0.156 e. The van der Waals surface area contributed by atoms with Gasteiger partial charge in [0.15, 0.2) is 5.78 Å². The molecule has 0 heterocycles. The number of anilines is 1. The van der Waals surface area contributed by atoms with Crippen LogP contribution >= 0.6 is 0 Å². The second kappa shape index (κ2) is 6.39. The van der Waals surface area contributed by atoms with Crippen LogP contribution in [0.5, 0.6) is 0 Å². The molecule has 0 aliphatic rings. The lowest BCUT2D eigenvalue weighted by molar-refractivity contribution is -0.113. The number of nitrogens with one attached hydrogen (secondary N) is 1. The Bertz CT molecular complexity index is 446. The lowest BCUT2D eigenvalue weighted by Gasteiger charge is -2.15. The third kappa shape index (κ3) is 3.73. The Kier molecular flexibility index (Phi) is 5.14. The summed E-state index contributed by atoms with van der Waals surface area (Å²) < 4.78 is 0. The van der Waals surface area contributed by atoms with Gasteiger partial charge < -0.3 is 5.32 Å². The summed E-state index contributed by atoms with van der Waals surface area (Å²) in [5, 5.41) is 3.25. The van der Waals surface area contributed by atoms with Crippen LogP contribution in [0.15, 0.2) is 30.4 Å². The molecule has 0 unspecified atom stereocenters. The molecule has 0 aliphatic heterocycles. The normalized spacial score (nSPS) is 10.5. The minimum absolute atomic E-state index is 0.0387. The Balaban J connectivity index is 2.82. The van der Waals surface area contributed by atoms with E-state index in [1.807, 2.05) is 0 Å². The van der Waals surface area contributed by atoms with Crippen LogP contribution in [-0.2, 0) is 11.2 Å². The predicted octanol–water partition coefficient (Wildman–Crippen LogP) is 3.93. The molecule has 0 saturated heterocycles. The molecule has 0 bridgehead atoms. The molecule has 0 radical (unpaired) electrons. The van der Waals surface area contributed by atoms with Gasteiger partial charge in [-0.15, -0.1) is 0 Å². The van der Waals surface area contributed by atoms with Gasteiger partial charge in [0.05, 0.1) is 0 Å². The van der Waals surface area contributed by atoms with Gasteiger partial charge in [-0.05, 0) is 42.5 Å². The zero-order chi connectivity index (χ0) is 13.7. The van der Waals surface area contributed by atoms with E-state index >= 15 is 0 Å². The second-order valence-electron chi connectivity index (χ2n) is 4.94. The molecule has 2 nitrogen and oxygen atoms in total. The fraction of sp³-hybridized carbons (Fsp3) is 0.438. The first-order valence-corrected chi connectivity index (χ1v) is 6.51. The molecule has 1 aromatic rings. The summed E-state index contributed by atoms with van der Waals surface area (Å²) in [5.41, 5.74) is 4.43. The topological polar surface area (TPSA) is 29.1 Å². The molecule has 2 heteroatoms. The van der Waals surface area contributed by atoms with Crippen LogP contribution in [0.1, 0.15) is 44.7 Å². The lowest BCUT2D eigenvalue weighted by atomic mass is 9.95. The Morgan fingerprint density at radius 3 is 2.56 bits per heavy atom. The summed E-state index contributed by atoms with van der Waals surface area (Å²) in [6.45, 7) is 12.4. The molecule has 0 fully saturated rings. The summed E-state index contributed by atoms with van der Waals surface area (Å²) in [7, 11) is 0. The van der Waals surface area contributed by atoms with Gasteiger partial charge in [-0.3, -0.25) is 4.79 Å². The summed E-state index contributed by atoms with van der Waals surface area (Å²) in [6, 6.07) is 6.41. The van der Waals surface area contributed by atoms with Gasteiger partial charge >= 0.3 is 0 Å². The molecular formula is C16H23NO. The molecule has 1 N–H and O–H groups in total. The fourth-order valence-corrected chi connectivity index (χ4v) is 1.90. The van der Waals surface area contributed by atoms with Crippen molar-refractivity contribution in [1.82, 2.24) is 0 Å². The molecule has 1 rings (SSSR count). The number of carbonyl (C=O) groups is 1. The second-order valence-corrected chi connectivity index (χ2v) is 4.94. The highest BCUT2D eigenvalue weighted by molar-refractivity contribution is 5.93. The number of ketones is 1. The molecule has 0 aliphatic carbocycles. The zero-order valence-corrected chi connectivity index (χ0v) is 11.8. The first-order chi connectivity index (χ1) is 8.45. The van der Waals surface area contributed by atoms with E-state index in [0.717, 1.165) is 12.1 Å². The third-order valence-electron chi connectivity index (χ3n) is 3.15. The number of aryl methyl sites for hydroxylation is 1. The molecule has 98 valence electrons. The highest BCUT2D eigenvalue weighted by atomic mass is 16.1. The summed E-state index contributed by atoms with van der Waals surface area (Å²) in [4.78, 5) is 11.1. The minimum atomic E-state index is 0.0387. The van der Waals surface area contributed by atoms with Crippen molar-refractivity contribution in [1.29, 1.82) is 0 Å². The van der Waals surface area contributed by atoms with Crippen molar-refractivity contribution in [2.45, 2.75) is 40.0 Å². The van der Waals surface area contributed by atoms with E-state index in [1.165, 1.54) is 11.1 Å². The number of rotatable bonds is 6. The molecule has 0 amide bonds. The SMILES string of the molecule is C=C(CNc1ccc(CC)c(C(C)C)c1)C(C)=O. The average Bonchev–Trinajstić information content (AvgIpc) is 2.35. The van der Waals surface area contributed by atoms with Crippen LogP contribution < -0.4 is 5.32 Å². The Morgan fingerprint density at radius 2 is 2.06 bits per heavy atom. The van der Waals surface area contributed by atoms with Crippen molar-refractivity contribution in [2.24, 2.45) is 0 Å². The van der Waals surface area contributed by atoms with Crippen molar-refractivity contribution < 1.29 is 4.79 Å². The van der Waals surface area contributed by atoms with Crippen LogP contribution in [0.2, 0.25) is 0 Å². The third-order valence-corrected chi connectivity index (χ3v) is 3.15. The van der Waals surface area contributed by atoms with Crippen molar-refractivity contribution in [3.63, 3.8) is 0 Å². The van der Waals surface area contributed by atoms with E-state index in [0.29, 0.717) is 18.0 Å². The van der Waals surface area contributed by atoms with Gasteiger partial charge in [0.25, 0.3) is 0 Å². The maximum absolute atomic E-state index is 11.1. The van der Waals surface area contributed by atoms with E-state index < -0.39 is 0 Å². The zero-order valence-electron chi connectivity index (χ0n) is 11.8. The quantitative estimate of drug-likeness (QED) is 0.769. The van der Waals surface area contributed by atoms with E-state index in [2.05, 4.69) is 50.9 Å². The van der Waals surface area contributed by atoms with Gasteiger partial charge in [-0.25, -0.2) is 0 Å². The predicted molar refractivity (Wildman–Crippen MR) is 78.2 cm³/mol. The van der Waals surface area contributed by atoms with E-state index in [1.54, 1.807) is 6.92 Å². The van der Waals surface area contributed by atoms with Crippen LogP contribution in [0.4, 0.5) is 5.69 Å². The average molecular weight is 245 g/mol. The van der Waals surface area contributed by atoms with Crippen LogP contribution in [-0.4, -0.2) is 12.3 Å². The summed E-state index contributed by atoms with van der Waals surface area (Å²) in [6.07, 6.45) is 1.05. The summed E-state index contributed by atoms with van der Waals surface area (Å²) >= 11 is 0. The van der Waals surface area contributed by atoms with E-state index in [9.17, 15) is 4.79 Å². The Hall–Kier alpha value is -1.57. The number of benzene rings is 1. The van der Waals surface area contributed by atoms with Crippen molar-refractivity contribution in [3.8, 4) is 0 Å². The van der Waals surface area contributed by atoms with E-state index in [-0.39, 0.29) is 5.78 Å². The lowest BCUT2D eigenvalue weighted by Crippen LogP contribution is -2.10. The first-order valence-electron chi connectivity index (χ1n) is 6.51. The highest BCUT2D eigenvalue weighted by Crippen LogP contribution is 2.24. The van der Waals surface area contributed by atoms with Crippen LogP contribution in [0.3, 0.4) is 0 Å². The van der Waals surface area contributed by atoms with Gasteiger partial charge in [0.1, 0.15) is 0 Å². The molecule has 18 heavy (non-hydrogen) atoms. The molecule has 0 aromatic heterocycles.